The molecule has 2 rings (SSSR count). The summed E-state index contributed by atoms with van der Waals surface area (Å²) in [4.78, 5) is 0. The number of benzene rings is 1. The van der Waals surface area contributed by atoms with Crippen molar-refractivity contribution in [1.82, 2.24) is 0 Å². The maximum absolute atomic E-state index is 6.06. The van der Waals surface area contributed by atoms with Crippen LogP contribution in [0.3, 0.4) is 0 Å². The predicted molar refractivity (Wildman–Crippen MR) is 79.4 cm³/mol. The number of ether oxygens (including phenoxy) is 1. The lowest BCUT2D eigenvalue weighted by Gasteiger charge is -2.23. The minimum absolute atomic E-state index is 0.422. The van der Waals surface area contributed by atoms with Crippen LogP contribution in [0.1, 0.15) is 31.2 Å². The zero-order valence-corrected chi connectivity index (χ0v) is 11.8. The molecule has 0 saturated carbocycles. The lowest BCUT2D eigenvalue weighted by atomic mass is 10.1. The Labute approximate surface area is 114 Å². The molecule has 1 aromatic carbocycles. The van der Waals surface area contributed by atoms with Crippen LogP contribution >= 0.6 is 11.8 Å². The van der Waals surface area contributed by atoms with Crippen molar-refractivity contribution >= 4 is 11.8 Å². The molecule has 100 valence electrons. The fourth-order valence-corrected chi connectivity index (χ4v) is 3.30. The van der Waals surface area contributed by atoms with Crippen molar-refractivity contribution in [3.05, 3.63) is 29.8 Å². The van der Waals surface area contributed by atoms with Gasteiger partial charge in [0.05, 0.1) is 0 Å². The fraction of sp³-hybridized carbons (Fsp3) is 0.600. The first-order chi connectivity index (χ1) is 8.88. The highest BCUT2D eigenvalue weighted by atomic mass is 32.2. The van der Waals surface area contributed by atoms with Gasteiger partial charge in [-0.3, -0.25) is 0 Å². The average molecular weight is 265 g/mol. The summed E-state index contributed by atoms with van der Waals surface area (Å²) in [6, 6.07) is 8.55. The second-order valence-corrected chi connectivity index (χ2v) is 6.05. The number of unbranched alkanes of at least 4 members (excludes halogenated alkanes) is 1. The van der Waals surface area contributed by atoms with Gasteiger partial charge in [-0.15, -0.1) is 0 Å². The quantitative estimate of drug-likeness (QED) is 0.802. The maximum atomic E-state index is 6.06. The SMILES string of the molecule is NCCCCc1cccc(OC2CCSCC2)c1. The van der Waals surface area contributed by atoms with Crippen molar-refractivity contribution in [2.45, 2.75) is 38.2 Å². The normalized spacial score (nSPS) is 16.7. The van der Waals surface area contributed by atoms with Gasteiger partial charge in [0.1, 0.15) is 11.9 Å². The first-order valence-corrected chi connectivity index (χ1v) is 8.07. The van der Waals surface area contributed by atoms with Crippen LogP contribution in [0.2, 0.25) is 0 Å². The molecule has 1 aromatic rings. The number of rotatable bonds is 6. The number of aryl methyl sites for hydroxylation is 1. The molecule has 0 aliphatic carbocycles. The van der Waals surface area contributed by atoms with Crippen LogP contribution in [0.5, 0.6) is 5.75 Å². The van der Waals surface area contributed by atoms with Crippen LogP contribution in [0, 0.1) is 0 Å². The smallest absolute Gasteiger partial charge is 0.119 e. The summed E-state index contributed by atoms with van der Waals surface area (Å²) >= 11 is 2.03. The monoisotopic (exact) mass is 265 g/mol. The molecule has 1 heterocycles. The number of hydrogen-bond donors (Lipinski definition) is 1. The number of thioether (sulfide) groups is 1. The van der Waals surface area contributed by atoms with Crippen molar-refractivity contribution in [1.29, 1.82) is 0 Å². The summed E-state index contributed by atoms with van der Waals surface area (Å²) < 4.78 is 6.06. The zero-order chi connectivity index (χ0) is 12.6. The number of nitrogens with two attached hydrogens (primary N) is 1. The Bertz CT molecular complexity index is 350. The second-order valence-electron chi connectivity index (χ2n) is 4.82. The summed E-state index contributed by atoms with van der Waals surface area (Å²) in [5.41, 5.74) is 6.89. The van der Waals surface area contributed by atoms with Crippen molar-refractivity contribution < 1.29 is 4.74 Å². The molecule has 0 atom stereocenters. The van der Waals surface area contributed by atoms with Gasteiger partial charge in [0.25, 0.3) is 0 Å². The minimum Gasteiger partial charge on any atom is -0.490 e. The van der Waals surface area contributed by atoms with E-state index in [1.165, 1.54) is 36.3 Å². The van der Waals surface area contributed by atoms with Gasteiger partial charge in [0.15, 0.2) is 0 Å². The molecule has 3 heteroatoms. The summed E-state index contributed by atoms with van der Waals surface area (Å²) in [7, 11) is 0. The summed E-state index contributed by atoms with van der Waals surface area (Å²) in [6.07, 6.45) is 6.16. The molecule has 0 spiro atoms. The van der Waals surface area contributed by atoms with Gasteiger partial charge in [-0.2, -0.15) is 11.8 Å². The van der Waals surface area contributed by atoms with Gasteiger partial charge in [-0.1, -0.05) is 12.1 Å². The Balaban J connectivity index is 1.85. The Morgan fingerprint density at radius 1 is 1.22 bits per heavy atom. The van der Waals surface area contributed by atoms with E-state index in [1.54, 1.807) is 0 Å². The van der Waals surface area contributed by atoms with Gasteiger partial charge in [-0.25, -0.2) is 0 Å². The van der Waals surface area contributed by atoms with Crippen LogP contribution in [0.15, 0.2) is 24.3 Å². The highest BCUT2D eigenvalue weighted by Gasteiger charge is 2.14. The first kappa shape index (κ1) is 13.8. The molecule has 1 saturated heterocycles. The summed E-state index contributed by atoms with van der Waals surface area (Å²) in [6.45, 7) is 0.788. The van der Waals surface area contributed by atoms with Crippen molar-refractivity contribution in [3.8, 4) is 5.75 Å². The third-order valence-electron chi connectivity index (χ3n) is 3.29. The fourth-order valence-electron chi connectivity index (χ4n) is 2.23. The molecule has 0 aromatic heterocycles. The molecule has 0 unspecified atom stereocenters. The van der Waals surface area contributed by atoms with Gasteiger partial charge in [0, 0.05) is 0 Å². The summed E-state index contributed by atoms with van der Waals surface area (Å²) in [5.74, 6) is 3.51. The van der Waals surface area contributed by atoms with E-state index in [4.69, 9.17) is 10.5 Å². The van der Waals surface area contributed by atoms with E-state index >= 15 is 0 Å². The van der Waals surface area contributed by atoms with Crippen molar-refractivity contribution in [3.63, 3.8) is 0 Å². The topological polar surface area (TPSA) is 35.2 Å². The molecule has 1 aliphatic rings. The second kappa shape index (κ2) is 7.70. The van der Waals surface area contributed by atoms with Crippen molar-refractivity contribution in [2.24, 2.45) is 5.73 Å². The highest BCUT2D eigenvalue weighted by Crippen LogP contribution is 2.23. The minimum atomic E-state index is 0.422. The van der Waals surface area contributed by atoms with Crippen LogP contribution in [-0.2, 0) is 6.42 Å². The Morgan fingerprint density at radius 2 is 2.06 bits per heavy atom. The third-order valence-corrected chi connectivity index (χ3v) is 4.34. The van der Waals surface area contributed by atoms with E-state index < -0.39 is 0 Å². The summed E-state index contributed by atoms with van der Waals surface area (Å²) in [5, 5.41) is 0. The number of hydrogen-bond acceptors (Lipinski definition) is 3. The van der Waals surface area contributed by atoms with Crippen molar-refractivity contribution in [2.75, 3.05) is 18.1 Å². The molecule has 0 amide bonds. The average Bonchev–Trinajstić information content (AvgIpc) is 2.41. The van der Waals surface area contributed by atoms with E-state index in [9.17, 15) is 0 Å². The molecule has 0 radical (unpaired) electrons. The highest BCUT2D eigenvalue weighted by molar-refractivity contribution is 7.99. The Morgan fingerprint density at radius 3 is 2.83 bits per heavy atom. The molecule has 1 aliphatic heterocycles. The van der Waals surface area contributed by atoms with Gasteiger partial charge in [-0.05, 0) is 67.9 Å². The van der Waals surface area contributed by atoms with E-state index in [1.807, 2.05) is 11.8 Å². The van der Waals surface area contributed by atoms with E-state index in [0.717, 1.165) is 25.1 Å². The van der Waals surface area contributed by atoms with E-state index in [0.29, 0.717) is 6.10 Å². The van der Waals surface area contributed by atoms with Crippen LogP contribution in [0.4, 0.5) is 0 Å². The van der Waals surface area contributed by atoms with Crippen LogP contribution in [0.25, 0.3) is 0 Å². The molecule has 2 nitrogen and oxygen atoms in total. The third kappa shape index (κ3) is 4.54. The molecule has 2 N–H and O–H groups in total. The molecule has 1 fully saturated rings. The first-order valence-electron chi connectivity index (χ1n) is 6.92. The zero-order valence-electron chi connectivity index (χ0n) is 10.9. The molecular formula is C15H23NOS. The molecule has 18 heavy (non-hydrogen) atoms. The van der Waals surface area contributed by atoms with Gasteiger partial charge < -0.3 is 10.5 Å². The lowest BCUT2D eigenvalue weighted by Crippen LogP contribution is -2.22. The molecular weight excluding hydrogens is 242 g/mol. The lowest BCUT2D eigenvalue weighted by molar-refractivity contribution is 0.192. The largest absolute Gasteiger partial charge is 0.490 e. The van der Waals surface area contributed by atoms with E-state index in [2.05, 4.69) is 24.3 Å². The Hall–Kier alpha value is -0.670. The van der Waals surface area contributed by atoms with Gasteiger partial charge in [0.2, 0.25) is 0 Å². The van der Waals surface area contributed by atoms with Gasteiger partial charge >= 0.3 is 0 Å². The standard InChI is InChI=1S/C15H23NOS/c16-9-2-1-4-13-5-3-6-15(12-13)17-14-7-10-18-11-8-14/h3,5-6,12,14H,1-2,4,7-11,16H2. The van der Waals surface area contributed by atoms with E-state index in [-0.39, 0.29) is 0 Å². The maximum Gasteiger partial charge on any atom is 0.119 e. The Kier molecular flexibility index (Phi) is 5.88. The van der Waals surface area contributed by atoms with Crippen LogP contribution in [-0.4, -0.2) is 24.2 Å². The molecule has 0 bridgehead atoms. The predicted octanol–water partition coefficient (Wildman–Crippen LogP) is 3.24. The van der Waals surface area contributed by atoms with Crippen LogP contribution < -0.4 is 10.5 Å².